The maximum Gasteiger partial charge on any atom is 0.287 e. The normalized spacial score (nSPS) is 10.7. The molecule has 0 aliphatic carbocycles. The van der Waals surface area contributed by atoms with Crippen LogP contribution in [-0.2, 0) is 12.8 Å². The Morgan fingerprint density at radius 1 is 1.08 bits per heavy atom. The molecule has 2 aromatic heterocycles. The smallest absolute Gasteiger partial charge is 0.268 e. The number of benzene rings is 2. The summed E-state index contributed by atoms with van der Waals surface area (Å²) in [5.41, 5.74) is 4.31. The van der Waals surface area contributed by atoms with Crippen LogP contribution in [0.25, 0.3) is 16.9 Å². The molecule has 0 radical (unpaired) electrons. The van der Waals surface area contributed by atoms with Gasteiger partial charge in [-0.05, 0) is 48.6 Å². The van der Waals surface area contributed by atoms with Crippen molar-refractivity contribution in [3.05, 3.63) is 116 Å². The molecule has 0 aliphatic rings. The minimum atomic E-state index is -0.525. The average Bonchev–Trinajstić information content (AvgIpc) is 2.90. The predicted molar refractivity (Wildman–Crippen MR) is 137 cm³/mol. The van der Waals surface area contributed by atoms with Crippen molar-refractivity contribution >= 4 is 5.69 Å². The fourth-order valence-electron chi connectivity index (χ4n) is 4.17. The van der Waals surface area contributed by atoms with E-state index in [9.17, 15) is 20.2 Å². The van der Waals surface area contributed by atoms with Crippen molar-refractivity contribution in [3.8, 4) is 23.0 Å². The fourth-order valence-corrected chi connectivity index (χ4v) is 4.17. The van der Waals surface area contributed by atoms with Crippen LogP contribution in [0.5, 0.6) is 0 Å². The van der Waals surface area contributed by atoms with E-state index in [2.05, 4.69) is 18.0 Å². The minimum Gasteiger partial charge on any atom is -0.268 e. The Kier molecular flexibility index (Phi) is 7.31. The summed E-state index contributed by atoms with van der Waals surface area (Å²) in [6.07, 6.45) is 4.09. The molecule has 0 N–H and O–H groups in total. The molecule has 8 nitrogen and oxygen atoms in total. The molecule has 180 valence electrons. The highest BCUT2D eigenvalue weighted by atomic mass is 16.6. The Bertz CT molecular complexity index is 1500. The molecular formula is C28H25N5O3. The van der Waals surface area contributed by atoms with Gasteiger partial charge in [-0.3, -0.25) is 14.9 Å². The van der Waals surface area contributed by atoms with E-state index < -0.39 is 4.92 Å². The van der Waals surface area contributed by atoms with Crippen LogP contribution >= 0.6 is 0 Å². The third-order valence-electron chi connectivity index (χ3n) is 6.06. The number of nitriles is 1. The lowest BCUT2D eigenvalue weighted by atomic mass is 9.97. The standard InChI is InChI=1S/C28H25N5O3/c1-3-4-9-26-25(16-20-10-12-21(13-11-20)24-8-6-5-7-22(24)17-29)28(34)32(19(2)31-26)27-15-14-23(18-30-27)33(35)36/h5-8,10-15,18H,3-4,9,16H2,1-2H3. The summed E-state index contributed by atoms with van der Waals surface area (Å²) in [6, 6.07) is 20.3. The van der Waals surface area contributed by atoms with E-state index in [1.54, 1.807) is 13.0 Å². The molecule has 0 bridgehead atoms. The van der Waals surface area contributed by atoms with Crippen LogP contribution < -0.4 is 5.56 Å². The molecule has 8 heteroatoms. The van der Waals surface area contributed by atoms with Crippen LogP contribution in [0.15, 0.2) is 71.7 Å². The zero-order chi connectivity index (χ0) is 25.7. The van der Waals surface area contributed by atoms with Gasteiger partial charge in [0.05, 0.1) is 22.2 Å². The number of unbranched alkanes of at least 4 members (excludes halogenated alkanes) is 1. The molecule has 2 aromatic carbocycles. The second kappa shape index (κ2) is 10.7. The number of hydrogen-bond acceptors (Lipinski definition) is 6. The molecule has 4 rings (SSSR count). The first kappa shape index (κ1) is 24.5. The van der Waals surface area contributed by atoms with Crippen LogP contribution in [0, 0.1) is 28.4 Å². The lowest BCUT2D eigenvalue weighted by molar-refractivity contribution is -0.385. The average molecular weight is 480 g/mol. The van der Waals surface area contributed by atoms with E-state index >= 15 is 0 Å². The highest BCUT2D eigenvalue weighted by molar-refractivity contribution is 5.70. The SMILES string of the molecule is CCCCc1nc(C)n(-c2ccc([N+](=O)[O-])cn2)c(=O)c1Cc1ccc(-c2ccccc2C#N)cc1. The van der Waals surface area contributed by atoms with E-state index in [0.29, 0.717) is 35.6 Å². The first-order valence-electron chi connectivity index (χ1n) is 11.7. The molecule has 2 heterocycles. The van der Waals surface area contributed by atoms with Gasteiger partial charge < -0.3 is 0 Å². The molecule has 0 unspecified atom stereocenters. The monoisotopic (exact) mass is 479 g/mol. The number of aryl methyl sites for hydroxylation is 2. The van der Waals surface area contributed by atoms with Crippen LogP contribution in [0.4, 0.5) is 5.69 Å². The van der Waals surface area contributed by atoms with Crippen molar-refractivity contribution in [2.45, 2.75) is 39.5 Å². The molecule has 0 fully saturated rings. The highest BCUT2D eigenvalue weighted by Crippen LogP contribution is 2.24. The molecule has 0 saturated carbocycles. The number of aromatic nitrogens is 3. The van der Waals surface area contributed by atoms with E-state index in [1.807, 2.05) is 42.5 Å². The summed E-state index contributed by atoms with van der Waals surface area (Å²) in [4.78, 5) is 33.1. The van der Waals surface area contributed by atoms with Crippen LogP contribution in [-0.4, -0.2) is 19.5 Å². The summed E-state index contributed by atoms with van der Waals surface area (Å²) >= 11 is 0. The largest absolute Gasteiger partial charge is 0.287 e. The number of rotatable bonds is 8. The molecule has 0 aliphatic heterocycles. The fraction of sp³-hybridized carbons (Fsp3) is 0.214. The lowest BCUT2D eigenvalue weighted by Crippen LogP contribution is -2.29. The molecule has 0 atom stereocenters. The Balaban J connectivity index is 1.74. The van der Waals surface area contributed by atoms with E-state index in [1.165, 1.54) is 16.7 Å². The van der Waals surface area contributed by atoms with Gasteiger partial charge in [-0.2, -0.15) is 5.26 Å². The number of nitrogens with zero attached hydrogens (tertiary/aromatic N) is 5. The zero-order valence-electron chi connectivity index (χ0n) is 20.1. The van der Waals surface area contributed by atoms with Crippen molar-refractivity contribution in [1.29, 1.82) is 5.26 Å². The number of hydrogen-bond donors (Lipinski definition) is 0. The minimum absolute atomic E-state index is 0.143. The molecule has 0 saturated heterocycles. The molecule has 4 aromatic rings. The Hall–Kier alpha value is -4.64. The van der Waals surface area contributed by atoms with Crippen LogP contribution in [0.1, 0.15) is 48.0 Å². The van der Waals surface area contributed by atoms with Crippen LogP contribution in [0.3, 0.4) is 0 Å². The molecular weight excluding hydrogens is 454 g/mol. The van der Waals surface area contributed by atoms with Gasteiger partial charge in [0.2, 0.25) is 0 Å². The Labute approximate surface area is 208 Å². The second-order valence-electron chi connectivity index (χ2n) is 8.49. The van der Waals surface area contributed by atoms with Gasteiger partial charge in [-0.1, -0.05) is 55.8 Å². The van der Waals surface area contributed by atoms with Crippen molar-refractivity contribution in [2.75, 3.05) is 0 Å². The third kappa shape index (κ3) is 5.05. The Morgan fingerprint density at radius 2 is 1.83 bits per heavy atom. The molecule has 0 amide bonds. The van der Waals surface area contributed by atoms with Gasteiger partial charge in [-0.15, -0.1) is 0 Å². The topological polar surface area (TPSA) is 115 Å². The number of pyridine rings is 1. The Morgan fingerprint density at radius 3 is 2.47 bits per heavy atom. The summed E-state index contributed by atoms with van der Waals surface area (Å²) in [5, 5.41) is 20.4. The summed E-state index contributed by atoms with van der Waals surface area (Å²) in [6.45, 7) is 3.83. The second-order valence-corrected chi connectivity index (χ2v) is 8.49. The van der Waals surface area contributed by atoms with E-state index in [4.69, 9.17) is 4.98 Å². The lowest BCUT2D eigenvalue weighted by Gasteiger charge is -2.15. The summed E-state index contributed by atoms with van der Waals surface area (Å²) < 4.78 is 1.41. The van der Waals surface area contributed by atoms with Crippen molar-refractivity contribution in [3.63, 3.8) is 0 Å². The first-order chi connectivity index (χ1) is 17.4. The van der Waals surface area contributed by atoms with Gasteiger partial charge in [-0.25, -0.2) is 14.5 Å². The zero-order valence-corrected chi connectivity index (χ0v) is 20.1. The van der Waals surface area contributed by atoms with Crippen LogP contribution in [0.2, 0.25) is 0 Å². The van der Waals surface area contributed by atoms with Crippen molar-refractivity contribution in [1.82, 2.24) is 14.5 Å². The van der Waals surface area contributed by atoms with Gasteiger partial charge in [0.1, 0.15) is 17.8 Å². The van der Waals surface area contributed by atoms with Gasteiger partial charge in [0.25, 0.3) is 11.2 Å². The van der Waals surface area contributed by atoms with E-state index in [-0.39, 0.29) is 11.2 Å². The van der Waals surface area contributed by atoms with Crippen molar-refractivity contribution < 1.29 is 4.92 Å². The maximum absolute atomic E-state index is 13.7. The van der Waals surface area contributed by atoms with E-state index in [0.717, 1.165) is 41.4 Å². The first-order valence-corrected chi connectivity index (χ1v) is 11.7. The van der Waals surface area contributed by atoms with Gasteiger partial charge in [0, 0.05) is 18.1 Å². The quantitative estimate of drug-likeness (QED) is 0.250. The predicted octanol–water partition coefficient (Wildman–Crippen LogP) is 5.32. The van der Waals surface area contributed by atoms with Crippen molar-refractivity contribution in [2.24, 2.45) is 0 Å². The highest BCUT2D eigenvalue weighted by Gasteiger charge is 2.18. The maximum atomic E-state index is 13.7. The summed E-state index contributed by atoms with van der Waals surface area (Å²) in [7, 11) is 0. The number of nitro groups is 1. The van der Waals surface area contributed by atoms with Gasteiger partial charge >= 0.3 is 0 Å². The summed E-state index contributed by atoms with van der Waals surface area (Å²) in [5.74, 6) is 0.780. The van der Waals surface area contributed by atoms with Gasteiger partial charge in [0.15, 0.2) is 0 Å². The molecule has 36 heavy (non-hydrogen) atoms. The molecule has 0 spiro atoms. The third-order valence-corrected chi connectivity index (χ3v) is 6.06.